The van der Waals surface area contributed by atoms with Crippen molar-refractivity contribution in [2.24, 2.45) is 0 Å². The van der Waals surface area contributed by atoms with Crippen LogP contribution in [0.2, 0.25) is 0 Å². The van der Waals surface area contributed by atoms with E-state index in [-0.39, 0.29) is 6.54 Å². The Morgan fingerprint density at radius 1 is 1.53 bits per heavy atom. The second kappa shape index (κ2) is 6.62. The number of rotatable bonds is 6. The Morgan fingerprint density at radius 2 is 2.13 bits per heavy atom. The molecule has 0 aliphatic heterocycles. The average molecular weight is 229 g/mol. The van der Waals surface area contributed by atoms with E-state index in [1.807, 2.05) is 0 Å². The van der Waals surface area contributed by atoms with Gasteiger partial charge in [0, 0.05) is 6.54 Å². The maximum atomic E-state index is 11.6. The van der Waals surface area contributed by atoms with Crippen LogP contribution in [0, 0.1) is 0 Å². The van der Waals surface area contributed by atoms with Crippen LogP contribution in [0.5, 0.6) is 0 Å². The largest absolute Gasteiger partial charge is 0.411 e. The molecule has 90 valence electrons. The van der Waals surface area contributed by atoms with Gasteiger partial charge in [0.05, 0.1) is 6.10 Å². The van der Waals surface area contributed by atoms with Crippen LogP contribution in [0.4, 0.5) is 13.2 Å². The number of aliphatic hydroxyl groups excluding tert-OH is 1. The Labute approximate surface area is 85.4 Å². The van der Waals surface area contributed by atoms with Gasteiger partial charge in [0.1, 0.15) is 13.2 Å². The maximum Gasteiger partial charge on any atom is 0.411 e. The van der Waals surface area contributed by atoms with Crippen molar-refractivity contribution in [3.05, 3.63) is 0 Å². The Balaban J connectivity index is 3.42. The van der Waals surface area contributed by atoms with Crippen molar-refractivity contribution < 1.29 is 27.8 Å². The molecule has 0 saturated heterocycles. The van der Waals surface area contributed by atoms with Crippen LogP contribution in [0.15, 0.2) is 0 Å². The summed E-state index contributed by atoms with van der Waals surface area (Å²) in [5, 5.41) is 11.1. The monoisotopic (exact) mass is 229 g/mol. The number of carbonyl (C=O) groups is 1. The normalized spacial score (nSPS) is 13.7. The SMILES string of the molecule is CC(O)CCNC(=O)COCC(F)(F)F. The van der Waals surface area contributed by atoms with Crippen LogP contribution in [0.1, 0.15) is 13.3 Å². The minimum Gasteiger partial charge on any atom is -0.393 e. The summed E-state index contributed by atoms with van der Waals surface area (Å²) in [7, 11) is 0. The zero-order valence-corrected chi connectivity index (χ0v) is 8.30. The first-order valence-corrected chi connectivity index (χ1v) is 4.40. The molecule has 0 fully saturated rings. The molecule has 1 amide bonds. The lowest BCUT2D eigenvalue weighted by molar-refractivity contribution is -0.175. The summed E-state index contributed by atoms with van der Waals surface area (Å²) in [6.45, 7) is -0.297. The van der Waals surface area contributed by atoms with Gasteiger partial charge in [-0.2, -0.15) is 13.2 Å². The Morgan fingerprint density at radius 3 is 2.60 bits per heavy atom. The van der Waals surface area contributed by atoms with E-state index in [4.69, 9.17) is 5.11 Å². The molecule has 2 N–H and O–H groups in total. The third kappa shape index (κ3) is 11.1. The molecule has 0 aliphatic carbocycles. The number of amides is 1. The number of carbonyl (C=O) groups excluding carboxylic acids is 1. The predicted molar refractivity (Wildman–Crippen MR) is 46.2 cm³/mol. The third-order valence-corrected chi connectivity index (χ3v) is 1.38. The average Bonchev–Trinajstić information content (AvgIpc) is 2.00. The Bertz CT molecular complexity index is 194. The quantitative estimate of drug-likeness (QED) is 0.695. The second-order valence-electron chi connectivity index (χ2n) is 3.10. The standard InChI is InChI=1S/C8H14F3NO3/c1-6(13)2-3-12-7(14)4-15-5-8(9,10)11/h6,13H,2-5H2,1H3,(H,12,14). The zero-order chi connectivity index (χ0) is 11.9. The number of aliphatic hydroxyl groups is 1. The lowest BCUT2D eigenvalue weighted by atomic mass is 10.3. The maximum absolute atomic E-state index is 11.6. The molecule has 1 unspecified atom stereocenters. The molecule has 15 heavy (non-hydrogen) atoms. The molecule has 0 heterocycles. The fraction of sp³-hybridized carbons (Fsp3) is 0.875. The van der Waals surface area contributed by atoms with Crippen LogP contribution in [-0.2, 0) is 9.53 Å². The Kier molecular flexibility index (Phi) is 6.26. The topological polar surface area (TPSA) is 58.6 Å². The Hall–Kier alpha value is -0.820. The first-order valence-electron chi connectivity index (χ1n) is 4.40. The highest BCUT2D eigenvalue weighted by Crippen LogP contribution is 2.13. The molecule has 0 bridgehead atoms. The van der Waals surface area contributed by atoms with Crippen molar-refractivity contribution in [1.29, 1.82) is 0 Å². The van der Waals surface area contributed by atoms with E-state index in [0.29, 0.717) is 6.42 Å². The number of hydrogen-bond donors (Lipinski definition) is 2. The summed E-state index contributed by atoms with van der Waals surface area (Å²) in [6, 6.07) is 0. The molecule has 4 nitrogen and oxygen atoms in total. The van der Waals surface area contributed by atoms with E-state index in [0.717, 1.165) is 0 Å². The molecule has 0 aromatic rings. The minimum atomic E-state index is -4.42. The molecule has 7 heteroatoms. The predicted octanol–water partition coefficient (Wildman–Crippen LogP) is 0.452. The van der Waals surface area contributed by atoms with Gasteiger partial charge in [0.15, 0.2) is 0 Å². The molecule has 0 spiro atoms. The summed E-state index contributed by atoms with van der Waals surface area (Å²) in [5.74, 6) is -0.625. The molecule has 0 aromatic carbocycles. The molecule has 0 rings (SSSR count). The van der Waals surface area contributed by atoms with Crippen LogP contribution in [0.25, 0.3) is 0 Å². The highest BCUT2D eigenvalue weighted by atomic mass is 19.4. The smallest absolute Gasteiger partial charge is 0.393 e. The summed E-state index contributed by atoms with van der Waals surface area (Å²) in [6.07, 6.45) is -4.62. The molecule has 0 radical (unpaired) electrons. The van der Waals surface area contributed by atoms with E-state index in [2.05, 4.69) is 10.1 Å². The van der Waals surface area contributed by atoms with E-state index < -0.39 is 31.4 Å². The van der Waals surface area contributed by atoms with Crippen LogP contribution in [0.3, 0.4) is 0 Å². The first kappa shape index (κ1) is 14.2. The first-order chi connectivity index (χ1) is 6.81. The van der Waals surface area contributed by atoms with Gasteiger partial charge >= 0.3 is 6.18 Å². The molecule has 1 atom stereocenters. The number of halogens is 3. The minimum absolute atomic E-state index is 0.214. The molecular weight excluding hydrogens is 215 g/mol. The van der Waals surface area contributed by atoms with Crippen molar-refractivity contribution in [3.8, 4) is 0 Å². The third-order valence-electron chi connectivity index (χ3n) is 1.38. The molecule has 0 aliphatic rings. The van der Waals surface area contributed by atoms with Crippen molar-refractivity contribution >= 4 is 5.91 Å². The molecule has 0 saturated carbocycles. The van der Waals surface area contributed by atoms with Gasteiger partial charge in [-0.05, 0) is 13.3 Å². The van der Waals surface area contributed by atoms with Crippen LogP contribution < -0.4 is 5.32 Å². The summed E-state index contributed by atoms with van der Waals surface area (Å²) < 4.78 is 38.8. The van der Waals surface area contributed by atoms with E-state index in [9.17, 15) is 18.0 Å². The summed E-state index contributed by atoms with van der Waals surface area (Å²) in [5.41, 5.74) is 0. The highest BCUT2D eigenvalue weighted by molar-refractivity contribution is 5.77. The van der Waals surface area contributed by atoms with Gasteiger partial charge in [0.25, 0.3) is 0 Å². The van der Waals surface area contributed by atoms with Crippen molar-refractivity contribution in [3.63, 3.8) is 0 Å². The van der Waals surface area contributed by atoms with Gasteiger partial charge in [-0.3, -0.25) is 4.79 Å². The van der Waals surface area contributed by atoms with Gasteiger partial charge in [-0.1, -0.05) is 0 Å². The lowest BCUT2D eigenvalue weighted by Gasteiger charge is -2.08. The van der Waals surface area contributed by atoms with Gasteiger partial charge in [0.2, 0.25) is 5.91 Å². The summed E-state index contributed by atoms with van der Waals surface area (Å²) in [4.78, 5) is 10.8. The van der Waals surface area contributed by atoms with Crippen LogP contribution in [-0.4, -0.2) is 43.1 Å². The lowest BCUT2D eigenvalue weighted by Crippen LogP contribution is -2.31. The van der Waals surface area contributed by atoms with Gasteiger partial charge < -0.3 is 15.2 Å². The van der Waals surface area contributed by atoms with Crippen molar-refractivity contribution in [2.75, 3.05) is 19.8 Å². The van der Waals surface area contributed by atoms with E-state index in [1.54, 1.807) is 6.92 Å². The number of ether oxygens (including phenoxy) is 1. The molecular formula is C8H14F3NO3. The van der Waals surface area contributed by atoms with Crippen molar-refractivity contribution in [1.82, 2.24) is 5.32 Å². The molecule has 0 aromatic heterocycles. The van der Waals surface area contributed by atoms with Crippen molar-refractivity contribution in [2.45, 2.75) is 25.6 Å². The van der Waals surface area contributed by atoms with Gasteiger partial charge in [-0.15, -0.1) is 0 Å². The summed E-state index contributed by atoms with van der Waals surface area (Å²) >= 11 is 0. The van der Waals surface area contributed by atoms with E-state index >= 15 is 0 Å². The fourth-order valence-corrected chi connectivity index (χ4v) is 0.731. The van der Waals surface area contributed by atoms with E-state index in [1.165, 1.54) is 0 Å². The second-order valence-corrected chi connectivity index (χ2v) is 3.10. The highest BCUT2D eigenvalue weighted by Gasteiger charge is 2.27. The number of nitrogens with one attached hydrogen (secondary N) is 1. The fourth-order valence-electron chi connectivity index (χ4n) is 0.731. The van der Waals surface area contributed by atoms with Crippen LogP contribution >= 0.6 is 0 Å². The number of hydrogen-bond acceptors (Lipinski definition) is 3. The number of alkyl halides is 3. The zero-order valence-electron chi connectivity index (χ0n) is 8.30. The van der Waals surface area contributed by atoms with Gasteiger partial charge in [-0.25, -0.2) is 0 Å².